The smallest absolute Gasteiger partial charge is 0.236 e. The van der Waals surface area contributed by atoms with Crippen LogP contribution in [0.25, 0.3) is 11.4 Å². The van der Waals surface area contributed by atoms with Crippen LogP contribution in [-0.2, 0) is 16.1 Å². The van der Waals surface area contributed by atoms with E-state index in [1.54, 1.807) is 12.1 Å². The number of carbonyl (C=O) groups is 1. The highest BCUT2D eigenvalue weighted by Gasteiger charge is 2.16. The van der Waals surface area contributed by atoms with Crippen molar-refractivity contribution in [3.63, 3.8) is 0 Å². The molecular formula is C20H20Cl3N5O2S. The maximum absolute atomic E-state index is 12.4. The Morgan fingerprint density at radius 1 is 1.16 bits per heavy atom. The number of amides is 1. The number of rotatable bonds is 10. The Bertz CT molecular complexity index is 1030. The lowest BCUT2D eigenvalue weighted by atomic mass is 10.2. The van der Waals surface area contributed by atoms with E-state index >= 15 is 0 Å². The number of benzene rings is 1. The maximum atomic E-state index is 12.4. The molecule has 164 valence electrons. The summed E-state index contributed by atoms with van der Waals surface area (Å²) in [4.78, 5) is 16.4. The second-order valence-corrected chi connectivity index (χ2v) is 8.56. The van der Waals surface area contributed by atoms with Gasteiger partial charge in [0.2, 0.25) is 5.91 Å². The number of thioether (sulfide) groups is 1. The monoisotopic (exact) mass is 499 g/mol. The molecular weight excluding hydrogens is 481 g/mol. The number of carbonyl (C=O) groups excluding carboxylic acids is 1. The number of nitrogens with zero attached hydrogens (tertiary/aromatic N) is 4. The molecule has 0 aliphatic carbocycles. The van der Waals surface area contributed by atoms with Gasteiger partial charge >= 0.3 is 0 Å². The number of hydrogen-bond donors (Lipinski definition) is 1. The second-order valence-electron chi connectivity index (χ2n) is 6.34. The van der Waals surface area contributed by atoms with Crippen LogP contribution < -0.4 is 5.32 Å². The molecule has 0 fully saturated rings. The first-order valence-electron chi connectivity index (χ1n) is 9.48. The lowest BCUT2D eigenvalue weighted by Crippen LogP contribution is -2.16. The summed E-state index contributed by atoms with van der Waals surface area (Å²) in [7, 11) is 0. The molecule has 0 aliphatic heterocycles. The van der Waals surface area contributed by atoms with Crippen LogP contribution in [0.4, 0.5) is 5.82 Å². The maximum Gasteiger partial charge on any atom is 0.236 e. The van der Waals surface area contributed by atoms with Crippen molar-refractivity contribution in [2.75, 3.05) is 24.3 Å². The van der Waals surface area contributed by atoms with Gasteiger partial charge in [-0.3, -0.25) is 4.79 Å². The van der Waals surface area contributed by atoms with Crippen molar-refractivity contribution in [1.82, 2.24) is 19.7 Å². The van der Waals surface area contributed by atoms with E-state index in [-0.39, 0.29) is 22.5 Å². The molecule has 3 rings (SSSR count). The Morgan fingerprint density at radius 3 is 2.65 bits per heavy atom. The third kappa shape index (κ3) is 6.82. The van der Waals surface area contributed by atoms with Crippen LogP contribution in [0.15, 0.2) is 41.7 Å². The van der Waals surface area contributed by atoms with Gasteiger partial charge in [-0.15, -0.1) is 10.2 Å². The van der Waals surface area contributed by atoms with Crippen molar-refractivity contribution < 1.29 is 9.53 Å². The molecule has 2 heterocycles. The van der Waals surface area contributed by atoms with Gasteiger partial charge in [0.25, 0.3) is 0 Å². The Morgan fingerprint density at radius 2 is 1.94 bits per heavy atom. The summed E-state index contributed by atoms with van der Waals surface area (Å²) in [6.45, 7) is 3.90. The van der Waals surface area contributed by atoms with Crippen LogP contribution in [0.2, 0.25) is 15.1 Å². The van der Waals surface area contributed by atoms with E-state index in [4.69, 9.17) is 39.5 Å². The van der Waals surface area contributed by atoms with E-state index in [2.05, 4.69) is 20.5 Å². The second kappa shape index (κ2) is 11.7. The minimum Gasteiger partial charge on any atom is -0.382 e. The lowest BCUT2D eigenvalue weighted by Gasteiger charge is -2.11. The molecule has 0 bridgehead atoms. The zero-order chi connectivity index (χ0) is 22.2. The first-order chi connectivity index (χ1) is 15.0. The number of anilines is 1. The highest BCUT2D eigenvalue weighted by molar-refractivity contribution is 7.99. The molecule has 7 nitrogen and oxygen atoms in total. The van der Waals surface area contributed by atoms with Gasteiger partial charge in [-0.1, -0.05) is 46.6 Å². The van der Waals surface area contributed by atoms with Crippen molar-refractivity contribution in [2.24, 2.45) is 0 Å². The number of halogens is 3. The molecule has 1 amide bonds. The molecule has 0 spiro atoms. The minimum atomic E-state index is -0.265. The zero-order valence-electron chi connectivity index (χ0n) is 16.6. The lowest BCUT2D eigenvalue weighted by molar-refractivity contribution is -0.113. The third-order valence-corrected chi connectivity index (χ3v) is 5.81. The molecule has 0 saturated heterocycles. The standard InChI is InChI=1S/C20H20Cl3N5O2S/c1-2-30-9-3-8-28-19(13-4-6-14(21)7-5-13)26-27-20(28)31-12-17(29)25-18-16(23)10-15(22)11-24-18/h4-7,10-11H,2-3,8-9,12H2,1H3,(H,24,25,29). The van der Waals surface area contributed by atoms with Gasteiger partial charge < -0.3 is 14.6 Å². The van der Waals surface area contributed by atoms with Crippen LogP contribution in [0.5, 0.6) is 0 Å². The highest BCUT2D eigenvalue weighted by atomic mass is 35.5. The molecule has 1 N–H and O–H groups in total. The number of ether oxygens (including phenoxy) is 1. The van der Waals surface area contributed by atoms with E-state index < -0.39 is 0 Å². The predicted octanol–water partition coefficient (Wildman–Crippen LogP) is 5.46. The van der Waals surface area contributed by atoms with Crippen molar-refractivity contribution >= 4 is 58.3 Å². The van der Waals surface area contributed by atoms with Crippen molar-refractivity contribution in [2.45, 2.75) is 25.0 Å². The topological polar surface area (TPSA) is 81.9 Å². The predicted molar refractivity (Wildman–Crippen MR) is 125 cm³/mol. The van der Waals surface area contributed by atoms with Gasteiger partial charge in [0.05, 0.1) is 15.8 Å². The average molecular weight is 501 g/mol. The van der Waals surface area contributed by atoms with Gasteiger partial charge in [-0.05, 0) is 43.7 Å². The fraction of sp³-hybridized carbons (Fsp3) is 0.300. The summed E-state index contributed by atoms with van der Waals surface area (Å²) in [6, 6.07) is 8.91. The van der Waals surface area contributed by atoms with Crippen LogP contribution >= 0.6 is 46.6 Å². The molecule has 0 radical (unpaired) electrons. The van der Waals surface area contributed by atoms with Gasteiger partial charge in [-0.2, -0.15) is 0 Å². The number of nitrogens with one attached hydrogen (secondary N) is 1. The molecule has 11 heteroatoms. The SMILES string of the molecule is CCOCCCn1c(SCC(=O)Nc2ncc(Cl)cc2Cl)nnc1-c1ccc(Cl)cc1. The van der Waals surface area contributed by atoms with Crippen LogP contribution in [0.1, 0.15) is 13.3 Å². The van der Waals surface area contributed by atoms with Crippen LogP contribution in [0, 0.1) is 0 Å². The van der Waals surface area contributed by atoms with E-state index in [9.17, 15) is 4.79 Å². The van der Waals surface area contributed by atoms with Crippen molar-refractivity contribution in [3.05, 3.63) is 51.6 Å². The summed E-state index contributed by atoms with van der Waals surface area (Å²) in [6.07, 6.45) is 2.21. The van der Waals surface area contributed by atoms with Crippen LogP contribution in [0.3, 0.4) is 0 Å². The molecule has 31 heavy (non-hydrogen) atoms. The van der Waals surface area contributed by atoms with Crippen LogP contribution in [-0.4, -0.2) is 44.6 Å². The number of aromatic nitrogens is 4. The Kier molecular flexibility index (Phi) is 8.98. The molecule has 0 saturated carbocycles. The summed E-state index contributed by atoms with van der Waals surface area (Å²) >= 11 is 19.2. The summed E-state index contributed by atoms with van der Waals surface area (Å²) in [5.41, 5.74) is 0.891. The number of hydrogen-bond acceptors (Lipinski definition) is 6. The fourth-order valence-electron chi connectivity index (χ4n) is 2.68. The van der Waals surface area contributed by atoms with Gasteiger partial charge in [0.15, 0.2) is 16.8 Å². The Hall–Kier alpha value is -1.84. The average Bonchev–Trinajstić information content (AvgIpc) is 3.15. The highest BCUT2D eigenvalue weighted by Crippen LogP contribution is 2.26. The molecule has 0 aliphatic rings. The van der Waals surface area contributed by atoms with E-state index in [1.165, 1.54) is 24.0 Å². The first-order valence-corrected chi connectivity index (χ1v) is 11.6. The molecule has 3 aromatic rings. The normalized spacial score (nSPS) is 11.0. The number of pyridine rings is 1. The Balaban J connectivity index is 1.71. The van der Waals surface area contributed by atoms with Gasteiger partial charge in [0.1, 0.15) is 0 Å². The first kappa shape index (κ1) is 23.8. The van der Waals surface area contributed by atoms with Gasteiger partial charge in [-0.25, -0.2) is 4.98 Å². The van der Waals surface area contributed by atoms with Crippen molar-refractivity contribution in [1.29, 1.82) is 0 Å². The minimum absolute atomic E-state index is 0.116. The van der Waals surface area contributed by atoms with E-state index in [0.717, 1.165) is 12.0 Å². The molecule has 0 unspecified atom stereocenters. The molecule has 1 aromatic carbocycles. The molecule has 0 atom stereocenters. The van der Waals surface area contributed by atoms with Crippen molar-refractivity contribution in [3.8, 4) is 11.4 Å². The quantitative estimate of drug-likeness (QED) is 0.294. The zero-order valence-corrected chi connectivity index (χ0v) is 19.7. The summed E-state index contributed by atoms with van der Waals surface area (Å²) < 4.78 is 7.43. The summed E-state index contributed by atoms with van der Waals surface area (Å²) in [5.74, 6) is 0.819. The third-order valence-electron chi connectivity index (χ3n) is 4.09. The van der Waals surface area contributed by atoms with Gasteiger partial charge in [0, 0.05) is 36.5 Å². The largest absolute Gasteiger partial charge is 0.382 e. The Labute approximate surface area is 199 Å². The molecule has 2 aromatic heterocycles. The fourth-order valence-corrected chi connectivity index (χ4v) is 4.00. The van der Waals surface area contributed by atoms with E-state index in [0.29, 0.717) is 40.8 Å². The summed E-state index contributed by atoms with van der Waals surface area (Å²) in [5, 5.41) is 13.2. The van der Waals surface area contributed by atoms with E-state index in [1.807, 2.05) is 23.6 Å².